The number of carbonyl (C=O) groups excluding carboxylic acids is 2. The zero-order valence-electron chi connectivity index (χ0n) is 11.7. The monoisotopic (exact) mass is 325 g/mol. The fourth-order valence-electron chi connectivity index (χ4n) is 1.18. The molecule has 0 bridgehead atoms. The fourth-order valence-corrected chi connectivity index (χ4v) is 2.17. The molecule has 5 nitrogen and oxygen atoms in total. The van der Waals surface area contributed by atoms with E-state index in [-0.39, 0.29) is 0 Å². The molecule has 0 aliphatic carbocycles. The van der Waals surface area contributed by atoms with Crippen molar-refractivity contribution in [1.29, 1.82) is 0 Å². The van der Waals surface area contributed by atoms with E-state index in [4.69, 9.17) is 9.47 Å². The first-order valence-corrected chi connectivity index (χ1v) is 8.87. The van der Waals surface area contributed by atoms with E-state index < -0.39 is 23.7 Å². The van der Waals surface area contributed by atoms with Crippen molar-refractivity contribution in [2.75, 3.05) is 6.61 Å². The third kappa shape index (κ3) is 8.36. The maximum atomic E-state index is 11.7. The Bertz CT molecular complexity index is 276. The summed E-state index contributed by atoms with van der Waals surface area (Å²) in [7, 11) is 0. The summed E-state index contributed by atoms with van der Waals surface area (Å²) in [5, 5.41) is 3.48. The summed E-state index contributed by atoms with van der Waals surface area (Å²) in [6.45, 7) is 7.39. The van der Waals surface area contributed by atoms with Gasteiger partial charge in [0.25, 0.3) is 0 Å². The molecular formula is C12H23NO4Se. The van der Waals surface area contributed by atoms with Gasteiger partial charge < -0.3 is 0 Å². The third-order valence-electron chi connectivity index (χ3n) is 1.87. The van der Waals surface area contributed by atoms with Gasteiger partial charge >= 0.3 is 115 Å². The molecule has 0 aliphatic rings. The molecule has 0 radical (unpaired) electrons. The van der Waals surface area contributed by atoms with E-state index in [0.717, 1.165) is 5.32 Å². The molecule has 0 spiro atoms. The molecule has 1 atom stereocenters. The zero-order valence-corrected chi connectivity index (χ0v) is 13.5. The van der Waals surface area contributed by atoms with Crippen LogP contribution in [-0.4, -0.2) is 45.3 Å². The molecule has 1 amide bonds. The van der Waals surface area contributed by atoms with Crippen molar-refractivity contribution in [2.45, 2.75) is 56.9 Å². The van der Waals surface area contributed by atoms with Gasteiger partial charge in [-0.15, -0.1) is 0 Å². The molecule has 0 aromatic rings. The number of esters is 1. The number of hydrogen-bond donors (Lipinski definition) is 1. The molecule has 0 rings (SSSR count). The zero-order chi connectivity index (χ0) is 14.2. The van der Waals surface area contributed by atoms with Crippen molar-refractivity contribution in [1.82, 2.24) is 5.32 Å². The normalized spacial score (nSPS) is 12.7. The van der Waals surface area contributed by atoms with Gasteiger partial charge in [-0.05, 0) is 0 Å². The molecule has 0 aromatic carbocycles. The molecule has 0 fully saturated rings. The van der Waals surface area contributed by atoms with Crippen molar-refractivity contribution in [3.8, 4) is 0 Å². The van der Waals surface area contributed by atoms with E-state index in [9.17, 15) is 9.59 Å². The first-order chi connectivity index (χ1) is 8.30. The number of nitrogens with one attached hydrogen (secondary N) is 1. The van der Waals surface area contributed by atoms with Crippen molar-refractivity contribution < 1.29 is 19.1 Å². The molecule has 0 saturated heterocycles. The van der Waals surface area contributed by atoms with Crippen LogP contribution in [0.5, 0.6) is 0 Å². The summed E-state index contributed by atoms with van der Waals surface area (Å²) in [5.41, 5.74) is -0.571. The number of amides is 1. The topological polar surface area (TPSA) is 64.6 Å². The second-order valence-electron chi connectivity index (χ2n) is 4.73. The predicted octanol–water partition coefficient (Wildman–Crippen LogP) is 2.00. The van der Waals surface area contributed by atoms with E-state index in [1.165, 1.54) is 0 Å². The Labute approximate surface area is 115 Å². The SMILES string of the molecule is CCOC(=O)C(CC[Se]C)NC(=O)OC(C)(C)C. The summed E-state index contributed by atoms with van der Waals surface area (Å²) in [6.07, 6.45) is 0.0124. The van der Waals surface area contributed by atoms with Gasteiger partial charge in [0.05, 0.1) is 0 Å². The number of ether oxygens (including phenoxy) is 2. The molecule has 1 unspecified atom stereocenters. The molecule has 0 saturated carbocycles. The summed E-state index contributed by atoms with van der Waals surface area (Å²) < 4.78 is 10.1. The second kappa shape index (κ2) is 8.38. The van der Waals surface area contributed by atoms with Crippen molar-refractivity contribution in [3.63, 3.8) is 0 Å². The third-order valence-corrected chi connectivity index (χ3v) is 3.22. The maximum absolute atomic E-state index is 11.7. The molecule has 0 aromatic heterocycles. The van der Waals surface area contributed by atoms with Crippen molar-refractivity contribution in [2.24, 2.45) is 0 Å². The Morgan fingerprint density at radius 1 is 1.33 bits per heavy atom. The summed E-state index contributed by atoms with van der Waals surface area (Å²) in [5.74, 6) is 1.69. The fraction of sp³-hybridized carbons (Fsp3) is 0.833. The second-order valence-corrected chi connectivity index (χ2v) is 6.80. The minimum atomic E-state index is -0.610. The van der Waals surface area contributed by atoms with Gasteiger partial charge in [0.15, 0.2) is 0 Å². The van der Waals surface area contributed by atoms with Gasteiger partial charge in [0.2, 0.25) is 0 Å². The number of carbonyl (C=O) groups is 2. The molecular weight excluding hydrogens is 301 g/mol. The van der Waals surface area contributed by atoms with Crippen LogP contribution in [0.25, 0.3) is 0 Å². The van der Waals surface area contributed by atoms with Crippen LogP contribution in [0.1, 0.15) is 34.1 Å². The van der Waals surface area contributed by atoms with Crippen molar-refractivity contribution in [3.05, 3.63) is 0 Å². The Morgan fingerprint density at radius 2 is 1.94 bits per heavy atom. The van der Waals surface area contributed by atoms with Gasteiger partial charge in [-0.3, -0.25) is 0 Å². The van der Waals surface area contributed by atoms with E-state index >= 15 is 0 Å². The van der Waals surface area contributed by atoms with Crippen LogP contribution in [0.15, 0.2) is 0 Å². The van der Waals surface area contributed by atoms with Crippen LogP contribution in [0.2, 0.25) is 11.1 Å². The Morgan fingerprint density at radius 3 is 2.39 bits per heavy atom. The Balaban J connectivity index is 4.39. The van der Waals surface area contributed by atoms with Crippen molar-refractivity contribution >= 4 is 27.0 Å². The Hall–Kier alpha value is -0.741. The summed E-state index contributed by atoms with van der Waals surface area (Å²) >= 11 is 0.459. The van der Waals surface area contributed by atoms with Crippen LogP contribution in [0.3, 0.4) is 0 Å². The van der Waals surface area contributed by atoms with E-state index in [0.29, 0.717) is 28.0 Å². The van der Waals surface area contributed by atoms with Gasteiger partial charge in [0.1, 0.15) is 0 Å². The average molecular weight is 324 g/mol. The number of rotatable bonds is 6. The molecule has 6 heteroatoms. The van der Waals surface area contributed by atoms with Gasteiger partial charge in [-0.1, -0.05) is 0 Å². The predicted molar refractivity (Wildman–Crippen MR) is 70.8 cm³/mol. The molecule has 1 N–H and O–H groups in total. The van der Waals surface area contributed by atoms with Crippen LogP contribution in [-0.2, 0) is 14.3 Å². The van der Waals surface area contributed by atoms with Crippen LogP contribution in [0.4, 0.5) is 4.79 Å². The summed E-state index contributed by atoms with van der Waals surface area (Å²) in [6, 6.07) is -0.610. The standard InChI is InChI=1S/C12H23NO4Se/c1-6-16-10(14)9(7-8-18-5)13-11(15)17-12(2,3)4/h9H,6-8H2,1-5H3,(H,13,15). The van der Waals surface area contributed by atoms with E-state index in [2.05, 4.69) is 11.1 Å². The molecule has 0 heterocycles. The Kier molecular flexibility index (Phi) is 8.03. The van der Waals surface area contributed by atoms with E-state index in [1.54, 1.807) is 27.7 Å². The first-order valence-electron chi connectivity index (χ1n) is 5.95. The van der Waals surface area contributed by atoms with Gasteiger partial charge in [-0.2, -0.15) is 0 Å². The number of alkyl carbamates (subject to hydrolysis) is 1. The van der Waals surface area contributed by atoms with E-state index in [1.807, 2.05) is 0 Å². The van der Waals surface area contributed by atoms with Crippen LogP contribution >= 0.6 is 0 Å². The minimum absolute atomic E-state index is 0.308. The van der Waals surface area contributed by atoms with Crippen LogP contribution in [0, 0.1) is 0 Å². The van der Waals surface area contributed by atoms with Gasteiger partial charge in [-0.25, -0.2) is 0 Å². The molecule has 106 valence electrons. The average Bonchev–Trinajstić information content (AvgIpc) is 2.21. The van der Waals surface area contributed by atoms with Crippen LogP contribution < -0.4 is 5.32 Å². The summed E-state index contributed by atoms with van der Waals surface area (Å²) in [4.78, 5) is 23.3. The quantitative estimate of drug-likeness (QED) is 0.599. The van der Waals surface area contributed by atoms with Gasteiger partial charge in [0, 0.05) is 0 Å². The first kappa shape index (κ1) is 17.3. The molecule has 0 aliphatic heterocycles. The molecule has 18 heavy (non-hydrogen) atoms. The number of hydrogen-bond acceptors (Lipinski definition) is 4.